The van der Waals surface area contributed by atoms with Crippen LogP contribution in [0, 0.1) is 5.92 Å². The summed E-state index contributed by atoms with van der Waals surface area (Å²) in [5.41, 5.74) is 2.03. The molecule has 0 amide bonds. The standard InChI is InChI=1S/C23H32F3N5O3/c1-13(2)12-31(16-5-7-17(32)8-6-16)19-9-4-15(14(3)10-20(33)34)11-18(19)27-22-28-21(29-30-22)23(24,25)26/h4,9,11,13-14,16-17,32H,5-8,10,12H2,1-3H3,(H,33,34)(H2,27,28,29,30)/t14-,16?,17?/m1/s1. The number of carboxylic acids is 1. The predicted octanol–water partition coefficient (Wildman–Crippen LogP) is 4.91. The van der Waals surface area contributed by atoms with Crippen molar-refractivity contribution in [2.75, 3.05) is 16.8 Å². The molecule has 0 aliphatic heterocycles. The molecule has 0 bridgehead atoms. The molecule has 0 radical (unpaired) electrons. The third-order valence-corrected chi connectivity index (χ3v) is 6.05. The molecule has 2 aromatic rings. The number of carboxylic acid groups (broad SMARTS) is 1. The molecule has 34 heavy (non-hydrogen) atoms. The Hall–Kier alpha value is -2.82. The van der Waals surface area contributed by atoms with Crippen molar-refractivity contribution in [3.63, 3.8) is 0 Å². The highest BCUT2D eigenvalue weighted by atomic mass is 19.4. The van der Waals surface area contributed by atoms with Crippen LogP contribution >= 0.6 is 0 Å². The Bertz CT molecular complexity index is 971. The number of hydrogen-bond donors (Lipinski definition) is 4. The van der Waals surface area contributed by atoms with E-state index < -0.39 is 18.0 Å². The molecule has 188 valence electrons. The van der Waals surface area contributed by atoms with Gasteiger partial charge in [-0.15, -0.1) is 5.10 Å². The summed E-state index contributed by atoms with van der Waals surface area (Å²) in [5, 5.41) is 27.7. The lowest BCUT2D eigenvalue weighted by molar-refractivity contribution is -0.144. The first-order valence-electron chi connectivity index (χ1n) is 11.5. The Labute approximate surface area is 196 Å². The van der Waals surface area contributed by atoms with Crippen molar-refractivity contribution < 1.29 is 28.2 Å². The summed E-state index contributed by atoms with van der Waals surface area (Å²) in [4.78, 5) is 17.0. The van der Waals surface area contributed by atoms with Crippen molar-refractivity contribution in [2.24, 2.45) is 5.92 Å². The number of aliphatic carboxylic acids is 1. The van der Waals surface area contributed by atoms with E-state index in [0.717, 1.165) is 24.1 Å². The minimum atomic E-state index is -4.65. The van der Waals surface area contributed by atoms with Crippen LogP contribution in [0.2, 0.25) is 0 Å². The van der Waals surface area contributed by atoms with Gasteiger partial charge in [0.15, 0.2) is 0 Å². The molecule has 1 aliphatic carbocycles. The van der Waals surface area contributed by atoms with Gasteiger partial charge in [0.1, 0.15) is 0 Å². The number of nitrogens with zero attached hydrogens (tertiary/aromatic N) is 3. The van der Waals surface area contributed by atoms with E-state index >= 15 is 0 Å². The number of aliphatic hydroxyl groups is 1. The molecule has 0 saturated heterocycles. The van der Waals surface area contributed by atoms with Gasteiger partial charge in [0.2, 0.25) is 11.8 Å². The minimum absolute atomic E-state index is 0.0755. The number of alkyl halides is 3. The quantitative estimate of drug-likeness (QED) is 0.401. The molecular formula is C23H32F3N5O3. The van der Waals surface area contributed by atoms with Crippen LogP contribution in [0.4, 0.5) is 30.5 Å². The first-order valence-corrected chi connectivity index (χ1v) is 11.5. The van der Waals surface area contributed by atoms with Crippen LogP contribution in [0.25, 0.3) is 0 Å². The van der Waals surface area contributed by atoms with E-state index in [1.165, 1.54) is 0 Å². The zero-order valence-electron chi connectivity index (χ0n) is 19.6. The van der Waals surface area contributed by atoms with Gasteiger partial charge in [0, 0.05) is 12.6 Å². The molecule has 8 nitrogen and oxygen atoms in total. The SMILES string of the molecule is CC(C)CN(c1ccc([C@H](C)CC(=O)O)cc1Nc1n[nH]c(C(F)(F)F)n1)C1CCC(O)CC1. The van der Waals surface area contributed by atoms with Crippen molar-refractivity contribution in [1.29, 1.82) is 0 Å². The number of anilines is 3. The smallest absolute Gasteiger partial charge is 0.451 e. The number of halogens is 3. The molecule has 1 atom stereocenters. The largest absolute Gasteiger partial charge is 0.481 e. The topological polar surface area (TPSA) is 114 Å². The van der Waals surface area contributed by atoms with Crippen LogP contribution < -0.4 is 10.2 Å². The maximum absolute atomic E-state index is 13.0. The Balaban J connectivity index is 2.00. The van der Waals surface area contributed by atoms with E-state index in [1.807, 2.05) is 17.2 Å². The summed E-state index contributed by atoms with van der Waals surface area (Å²) in [5.74, 6) is -2.34. The maximum Gasteiger partial charge on any atom is 0.451 e. The van der Waals surface area contributed by atoms with E-state index in [0.29, 0.717) is 31.0 Å². The second-order valence-electron chi connectivity index (χ2n) is 9.41. The van der Waals surface area contributed by atoms with Crippen LogP contribution in [0.5, 0.6) is 0 Å². The lowest BCUT2D eigenvalue weighted by Crippen LogP contribution is -2.41. The highest BCUT2D eigenvalue weighted by Gasteiger charge is 2.35. The van der Waals surface area contributed by atoms with Gasteiger partial charge in [-0.25, -0.2) is 0 Å². The molecule has 1 aliphatic rings. The highest BCUT2D eigenvalue weighted by molar-refractivity contribution is 5.75. The monoisotopic (exact) mass is 483 g/mol. The van der Waals surface area contributed by atoms with Gasteiger partial charge in [0.05, 0.1) is 23.9 Å². The number of H-pyrrole nitrogens is 1. The van der Waals surface area contributed by atoms with Crippen LogP contribution in [-0.4, -0.2) is 50.1 Å². The molecule has 1 saturated carbocycles. The Morgan fingerprint density at radius 1 is 1.24 bits per heavy atom. The summed E-state index contributed by atoms with van der Waals surface area (Å²) in [6.45, 7) is 6.68. The molecule has 3 rings (SSSR count). The van der Waals surface area contributed by atoms with Crippen LogP contribution in [0.3, 0.4) is 0 Å². The second kappa shape index (κ2) is 10.6. The van der Waals surface area contributed by atoms with Gasteiger partial charge in [-0.2, -0.15) is 18.2 Å². The van der Waals surface area contributed by atoms with Crippen molar-refractivity contribution in [1.82, 2.24) is 15.2 Å². The van der Waals surface area contributed by atoms with E-state index in [9.17, 15) is 28.2 Å². The van der Waals surface area contributed by atoms with Crippen molar-refractivity contribution >= 4 is 23.3 Å². The zero-order chi connectivity index (χ0) is 25.0. The first kappa shape index (κ1) is 25.8. The molecule has 0 unspecified atom stereocenters. The zero-order valence-corrected chi connectivity index (χ0v) is 19.6. The number of aliphatic hydroxyl groups excluding tert-OH is 1. The van der Waals surface area contributed by atoms with Gasteiger partial charge < -0.3 is 20.4 Å². The lowest BCUT2D eigenvalue weighted by atomic mass is 9.90. The second-order valence-corrected chi connectivity index (χ2v) is 9.41. The predicted molar refractivity (Wildman–Crippen MR) is 122 cm³/mol. The Kier molecular flexibility index (Phi) is 8.06. The van der Waals surface area contributed by atoms with Crippen LogP contribution in [-0.2, 0) is 11.0 Å². The van der Waals surface area contributed by atoms with Crippen LogP contribution in [0.1, 0.15) is 70.2 Å². The molecule has 11 heteroatoms. The van der Waals surface area contributed by atoms with E-state index in [2.05, 4.69) is 34.1 Å². The number of rotatable bonds is 9. The number of aromatic amines is 1. The number of hydrogen-bond acceptors (Lipinski definition) is 6. The molecule has 1 aromatic carbocycles. The minimum Gasteiger partial charge on any atom is -0.481 e. The molecular weight excluding hydrogens is 451 g/mol. The van der Waals surface area contributed by atoms with Crippen LogP contribution in [0.15, 0.2) is 18.2 Å². The summed E-state index contributed by atoms with van der Waals surface area (Å²) in [6, 6.07) is 5.66. The van der Waals surface area contributed by atoms with Gasteiger partial charge >= 0.3 is 12.1 Å². The number of carbonyl (C=O) groups is 1. The van der Waals surface area contributed by atoms with Crippen molar-refractivity contribution in [3.05, 3.63) is 29.6 Å². The average Bonchev–Trinajstić information content (AvgIpc) is 3.21. The fourth-order valence-electron chi connectivity index (χ4n) is 4.36. The Morgan fingerprint density at radius 2 is 1.91 bits per heavy atom. The van der Waals surface area contributed by atoms with Gasteiger partial charge in [-0.3, -0.25) is 9.89 Å². The van der Waals surface area contributed by atoms with E-state index in [4.69, 9.17) is 0 Å². The maximum atomic E-state index is 13.0. The highest BCUT2D eigenvalue weighted by Crippen LogP contribution is 2.37. The molecule has 1 aromatic heterocycles. The third kappa shape index (κ3) is 6.62. The molecule has 1 heterocycles. The number of aromatic nitrogens is 3. The summed E-state index contributed by atoms with van der Waals surface area (Å²) in [7, 11) is 0. The fourth-order valence-corrected chi connectivity index (χ4v) is 4.36. The summed E-state index contributed by atoms with van der Waals surface area (Å²) >= 11 is 0. The summed E-state index contributed by atoms with van der Waals surface area (Å²) in [6.07, 6.45) is -2.08. The van der Waals surface area contributed by atoms with E-state index in [1.54, 1.807) is 13.0 Å². The van der Waals surface area contributed by atoms with Gasteiger partial charge in [0.25, 0.3) is 0 Å². The van der Waals surface area contributed by atoms with E-state index in [-0.39, 0.29) is 30.4 Å². The average molecular weight is 484 g/mol. The number of nitrogens with one attached hydrogen (secondary N) is 2. The number of benzene rings is 1. The lowest BCUT2D eigenvalue weighted by Gasteiger charge is -2.39. The molecule has 0 spiro atoms. The van der Waals surface area contributed by atoms with Crippen molar-refractivity contribution in [3.8, 4) is 0 Å². The molecule has 1 fully saturated rings. The van der Waals surface area contributed by atoms with Crippen molar-refractivity contribution in [2.45, 2.75) is 77.1 Å². The third-order valence-electron chi connectivity index (χ3n) is 6.05. The molecule has 4 N–H and O–H groups in total. The Morgan fingerprint density at radius 3 is 2.47 bits per heavy atom. The van der Waals surface area contributed by atoms with Gasteiger partial charge in [-0.1, -0.05) is 26.8 Å². The summed E-state index contributed by atoms with van der Waals surface area (Å²) < 4.78 is 39.0. The first-order chi connectivity index (χ1) is 15.9. The fraction of sp³-hybridized carbons (Fsp3) is 0.609. The normalized spacial score (nSPS) is 19.8. The van der Waals surface area contributed by atoms with Gasteiger partial charge in [-0.05, 0) is 55.2 Å².